The number of aromatic nitrogens is 3. The van der Waals surface area contributed by atoms with E-state index >= 15 is 0 Å². The van der Waals surface area contributed by atoms with Crippen LogP contribution in [-0.2, 0) is 0 Å². The quantitative estimate of drug-likeness (QED) is 0.530. The smallest absolute Gasteiger partial charge is 0.276 e. The summed E-state index contributed by atoms with van der Waals surface area (Å²) < 4.78 is 7.64. The van der Waals surface area contributed by atoms with Crippen molar-refractivity contribution >= 4 is 11.6 Å². The van der Waals surface area contributed by atoms with Crippen molar-refractivity contribution in [3.05, 3.63) is 95.9 Å². The number of ether oxygens (including phenoxy) is 1. The molecule has 6 heteroatoms. The molecule has 6 nitrogen and oxygen atoms in total. The van der Waals surface area contributed by atoms with E-state index in [2.05, 4.69) is 15.4 Å². The number of carbonyl (C=O) groups excluding carboxylic acids is 1. The fourth-order valence-electron chi connectivity index (χ4n) is 2.86. The van der Waals surface area contributed by atoms with Crippen molar-refractivity contribution in [1.29, 1.82) is 0 Å². The summed E-state index contributed by atoms with van der Waals surface area (Å²) in [4.78, 5) is 17.0. The highest BCUT2D eigenvalue weighted by molar-refractivity contribution is 6.03. The molecule has 1 amide bonds. The number of carbonyl (C=O) groups is 1. The van der Waals surface area contributed by atoms with Gasteiger partial charge in [0, 0.05) is 12.4 Å². The molecule has 29 heavy (non-hydrogen) atoms. The van der Waals surface area contributed by atoms with Gasteiger partial charge in [-0.05, 0) is 61.4 Å². The molecular weight excluding hydrogens is 364 g/mol. The summed E-state index contributed by atoms with van der Waals surface area (Å²) >= 11 is 0. The second kappa shape index (κ2) is 7.98. The van der Waals surface area contributed by atoms with E-state index in [0.29, 0.717) is 23.0 Å². The van der Waals surface area contributed by atoms with Gasteiger partial charge in [0.25, 0.3) is 5.91 Å². The Labute approximate surface area is 168 Å². The monoisotopic (exact) mass is 384 g/mol. The number of amides is 1. The lowest BCUT2D eigenvalue weighted by Crippen LogP contribution is -2.14. The van der Waals surface area contributed by atoms with Crippen LogP contribution in [0.25, 0.3) is 5.69 Å². The molecule has 0 saturated carbocycles. The van der Waals surface area contributed by atoms with Crippen molar-refractivity contribution in [3.63, 3.8) is 0 Å². The summed E-state index contributed by atoms with van der Waals surface area (Å²) in [6.45, 7) is 4.01. The molecule has 0 bridgehead atoms. The third-order valence-electron chi connectivity index (χ3n) is 4.62. The van der Waals surface area contributed by atoms with Crippen LogP contribution >= 0.6 is 0 Å². The van der Waals surface area contributed by atoms with E-state index in [1.54, 1.807) is 35.3 Å². The Hall–Kier alpha value is -3.93. The largest absolute Gasteiger partial charge is 0.437 e. The molecule has 0 unspecified atom stereocenters. The average Bonchev–Trinajstić information content (AvgIpc) is 3.24. The number of aryl methyl sites for hydroxylation is 1. The van der Waals surface area contributed by atoms with Crippen LogP contribution in [0.5, 0.6) is 11.6 Å². The maximum Gasteiger partial charge on any atom is 0.276 e. The molecule has 0 radical (unpaired) electrons. The molecule has 4 rings (SSSR count). The van der Waals surface area contributed by atoms with Gasteiger partial charge in [0.1, 0.15) is 11.4 Å². The van der Waals surface area contributed by atoms with Crippen molar-refractivity contribution < 1.29 is 9.53 Å². The van der Waals surface area contributed by atoms with E-state index in [-0.39, 0.29) is 5.91 Å². The number of nitrogens with one attached hydrogen (secondary N) is 1. The molecule has 1 N–H and O–H groups in total. The molecule has 2 aromatic carbocycles. The number of nitrogens with zero attached hydrogens (tertiary/aromatic N) is 3. The highest BCUT2D eigenvalue weighted by atomic mass is 16.5. The summed E-state index contributed by atoms with van der Waals surface area (Å²) in [6, 6.07) is 20.6. The summed E-state index contributed by atoms with van der Waals surface area (Å²) in [5.41, 5.74) is 3.81. The van der Waals surface area contributed by atoms with Gasteiger partial charge in [0.15, 0.2) is 5.69 Å². The second-order valence-electron chi connectivity index (χ2n) is 6.59. The van der Waals surface area contributed by atoms with Crippen molar-refractivity contribution in [1.82, 2.24) is 14.8 Å². The first-order valence-corrected chi connectivity index (χ1v) is 9.23. The number of hydrogen-bond donors (Lipinski definition) is 1. The van der Waals surface area contributed by atoms with Crippen LogP contribution in [0.15, 0.2) is 79.1 Å². The third kappa shape index (κ3) is 4.01. The molecule has 2 aromatic heterocycles. The SMILES string of the molecule is Cc1cccc(Oc2ncccc2NC(=O)c2ccn(-c3ccccc3)n2)c1C. The molecule has 0 spiro atoms. The maximum atomic E-state index is 12.7. The molecule has 0 fully saturated rings. The number of pyridine rings is 1. The van der Waals surface area contributed by atoms with Crippen LogP contribution in [-0.4, -0.2) is 20.7 Å². The van der Waals surface area contributed by atoms with Crippen molar-refractivity contribution in [2.45, 2.75) is 13.8 Å². The van der Waals surface area contributed by atoms with E-state index in [9.17, 15) is 4.79 Å². The fourth-order valence-corrected chi connectivity index (χ4v) is 2.86. The lowest BCUT2D eigenvalue weighted by atomic mass is 10.1. The summed E-state index contributed by atoms with van der Waals surface area (Å²) in [7, 11) is 0. The molecule has 0 aliphatic heterocycles. The van der Waals surface area contributed by atoms with Gasteiger partial charge in [-0.3, -0.25) is 4.79 Å². The van der Waals surface area contributed by atoms with Gasteiger partial charge in [-0.2, -0.15) is 5.10 Å². The van der Waals surface area contributed by atoms with Crippen LogP contribution in [0.3, 0.4) is 0 Å². The average molecular weight is 384 g/mol. The van der Waals surface area contributed by atoms with E-state index in [4.69, 9.17) is 4.74 Å². The molecule has 4 aromatic rings. The predicted octanol–water partition coefficient (Wildman–Crippen LogP) is 4.93. The van der Waals surface area contributed by atoms with Crippen LogP contribution in [0, 0.1) is 13.8 Å². The Morgan fingerprint density at radius 2 is 1.79 bits per heavy atom. The van der Waals surface area contributed by atoms with Crippen molar-refractivity contribution in [2.24, 2.45) is 0 Å². The summed E-state index contributed by atoms with van der Waals surface area (Å²) in [6.07, 6.45) is 3.38. The van der Waals surface area contributed by atoms with E-state index in [0.717, 1.165) is 16.8 Å². The van der Waals surface area contributed by atoms with Crippen LogP contribution in [0.2, 0.25) is 0 Å². The van der Waals surface area contributed by atoms with Gasteiger partial charge in [-0.1, -0.05) is 30.3 Å². The first kappa shape index (κ1) is 18.4. The summed E-state index contributed by atoms with van der Waals surface area (Å²) in [5, 5.41) is 7.20. The van der Waals surface area contributed by atoms with Crippen LogP contribution in [0.4, 0.5) is 5.69 Å². The van der Waals surface area contributed by atoms with E-state index < -0.39 is 0 Å². The highest BCUT2D eigenvalue weighted by Gasteiger charge is 2.15. The van der Waals surface area contributed by atoms with Gasteiger partial charge in [0.2, 0.25) is 5.88 Å². The molecule has 144 valence electrons. The minimum Gasteiger partial charge on any atom is -0.437 e. The number of hydrogen-bond acceptors (Lipinski definition) is 4. The standard InChI is InChI=1S/C23H20N4O2/c1-16-8-6-12-21(17(16)2)29-23-20(11-7-14-24-23)25-22(28)19-13-15-27(26-19)18-9-4-3-5-10-18/h3-15H,1-2H3,(H,25,28). The minimum atomic E-state index is -0.335. The van der Waals surface area contributed by atoms with E-state index in [1.807, 2.05) is 62.4 Å². The van der Waals surface area contributed by atoms with Gasteiger partial charge in [-0.25, -0.2) is 9.67 Å². The number of benzene rings is 2. The Morgan fingerprint density at radius 1 is 0.966 bits per heavy atom. The number of para-hydroxylation sites is 1. The zero-order chi connectivity index (χ0) is 20.2. The fraction of sp³-hybridized carbons (Fsp3) is 0.0870. The van der Waals surface area contributed by atoms with Gasteiger partial charge >= 0.3 is 0 Å². The van der Waals surface area contributed by atoms with Gasteiger partial charge in [0.05, 0.1) is 5.69 Å². The zero-order valence-corrected chi connectivity index (χ0v) is 16.2. The lowest BCUT2D eigenvalue weighted by Gasteiger charge is -2.13. The molecule has 0 aliphatic carbocycles. The Kier molecular flexibility index (Phi) is 5.07. The predicted molar refractivity (Wildman–Crippen MR) is 112 cm³/mol. The van der Waals surface area contributed by atoms with Gasteiger partial charge in [-0.15, -0.1) is 0 Å². The number of rotatable bonds is 5. The molecule has 0 saturated heterocycles. The molecular formula is C23H20N4O2. The maximum absolute atomic E-state index is 12.7. The molecule has 0 atom stereocenters. The van der Waals surface area contributed by atoms with Crippen LogP contribution in [0.1, 0.15) is 21.6 Å². The molecule has 0 aliphatic rings. The van der Waals surface area contributed by atoms with Gasteiger partial charge < -0.3 is 10.1 Å². The second-order valence-corrected chi connectivity index (χ2v) is 6.59. The Bertz CT molecular complexity index is 1150. The minimum absolute atomic E-state index is 0.301. The van der Waals surface area contributed by atoms with Crippen molar-refractivity contribution in [3.8, 4) is 17.3 Å². The van der Waals surface area contributed by atoms with E-state index in [1.165, 1.54) is 0 Å². The highest BCUT2D eigenvalue weighted by Crippen LogP contribution is 2.30. The Balaban J connectivity index is 1.55. The summed E-state index contributed by atoms with van der Waals surface area (Å²) in [5.74, 6) is 0.697. The lowest BCUT2D eigenvalue weighted by molar-refractivity contribution is 0.102. The zero-order valence-electron chi connectivity index (χ0n) is 16.2. The first-order valence-electron chi connectivity index (χ1n) is 9.23. The normalized spacial score (nSPS) is 10.6. The first-order chi connectivity index (χ1) is 14.1. The topological polar surface area (TPSA) is 69.0 Å². The Morgan fingerprint density at radius 3 is 2.62 bits per heavy atom. The van der Waals surface area contributed by atoms with Crippen molar-refractivity contribution in [2.75, 3.05) is 5.32 Å². The molecule has 2 heterocycles. The third-order valence-corrected chi connectivity index (χ3v) is 4.62. The number of anilines is 1. The van der Waals surface area contributed by atoms with Crippen LogP contribution < -0.4 is 10.1 Å².